The summed E-state index contributed by atoms with van der Waals surface area (Å²) < 4.78 is 39.4. The summed E-state index contributed by atoms with van der Waals surface area (Å²) in [6, 6.07) is 12.3. The van der Waals surface area contributed by atoms with Crippen molar-refractivity contribution in [1.29, 1.82) is 0 Å². The van der Waals surface area contributed by atoms with Crippen molar-refractivity contribution in [3.05, 3.63) is 70.6 Å². The molecule has 0 bridgehead atoms. The zero-order chi connectivity index (χ0) is 15.0. The van der Waals surface area contributed by atoms with E-state index < -0.39 is 17.8 Å². The van der Waals surface area contributed by atoms with Crippen LogP contribution >= 0.6 is 11.3 Å². The second-order valence-electron chi connectivity index (χ2n) is 4.79. The van der Waals surface area contributed by atoms with Crippen molar-refractivity contribution >= 4 is 21.4 Å². The molecule has 21 heavy (non-hydrogen) atoms. The van der Waals surface area contributed by atoms with Gasteiger partial charge in [0.15, 0.2) is 0 Å². The van der Waals surface area contributed by atoms with E-state index >= 15 is 0 Å². The van der Waals surface area contributed by atoms with E-state index in [2.05, 4.69) is 0 Å². The molecule has 1 nitrogen and oxygen atoms in total. The summed E-state index contributed by atoms with van der Waals surface area (Å²) >= 11 is 1.54. The second kappa shape index (κ2) is 5.16. The first kappa shape index (κ1) is 14.1. The van der Waals surface area contributed by atoms with Gasteiger partial charge in [-0.05, 0) is 40.1 Å². The molecule has 2 aromatic carbocycles. The summed E-state index contributed by atoms with van der Waals surface area (Å²) in [7, 11) is 0. The molecule has 1 unspecified atom stereocenters. The lowest BCUT2D eigenvalue weighted by atomic mass is 9.97. The summed E-state index contributed by atoms with van der Waals surface area (Å²) in [4.78, 5) is 0. The van der Waals surface area contributed by atoms with Gasteiger partial charge in [0.25, 0.3) is 0 Å². The molecule has 0 amide bonds. The molecule has 1 atom stereocenters. The zero-order valence-electron chi connectivity index (χ0n) is 10.9. The van der Waals surface area contributed by atoms with Crippen LogP contribution in [0.4, 0.5) is 13.2 Å². The van der Waals surface area contributed by atoms with E-state index in [1.54, 1.807) is 17.4 Å². The lowest BCUT2D eigenvalue weighted by molar-refractivity contribution is -0.137. The maximum absolute atomic E-state index is 12.8. The van der Waals surface area contributed by atoms with Crippen LogP contribution in [0.1, 0.15) is 22.7 Å². The van der Waals surface area contributed by atoms with Crippen LogP contribution in [0.3, 0.4) is 0 Å². The number of hydrogen-bond acceptors (Lipinski definition) is 2. The minimum absolute atomic E-state index is 0.464. The Bertz CT molecular complexity index is 776. The Hall–Kier alpha value is -1.85. The van der Waals surface area contributed by atoms with E-state index in [9.17, 15) is 13.2 Å². The first-order valence-corrected chi connectivity index (χ1v) is 7.23. The number of rotatable bonds is 2. The molecule has 1 heterocycles. The predicted molar refractivity (Wildman–Crippen MR) is 79.3 cm³/mol. The van der Waals surface area contributed by atoms with Crippen molar-refractivity contribution in [2.45, 2.75) is 12.2 Å². The molecule has 0 fully saturated rings. The molecule has 3 rings (SSSR count). The smallest absolute Gasteiger partial charge is 0.320 e. The van der Waals surface area contributed by atoms with Crippen LogP contribution in [0, 0.1) is 0 Å². The van der Waals surface area contributed by atoms with Crippen molar-refractivity contribution < 1.29 is 13.2 Å². The second-order valence-corrected chi connectivity index (χ2v) is 5.70. The molecule has 0 aliphatic rings. The third-order valence-corrected chi connectivity index (χ3v) is 4.40. The Morgan fingerprint density at radius 2 is 1.76 bits per heavy atom. The van der Waals surface area contributed by atoms with Gasteiger partial charge in [-0.15, -0.1) is 11.3 Å². The van der Waals surface area contributed by atoms with Crippen LogP contribution in [0.2, 0.25) is 0 Å². The van der Waals surface area contributed by atoms with Gasteiger partial charge < -0.3 is 5.73 Å². The Kier molecular flexibility index (Phi) is 3.47. The van der Waals surface area contributed by atoms with Gasteiger partial charge in [0.2, 0.25) is 0 Å². The van der Waals surface area contributed by atoms with Gasteiger partial charge in [0.1, 0.15) is 0 Å². The zero-order valence-corrected chi connectivity index (χ0v) is 11.7. The fourth-order valence-electron chi connectivity index (χ4n) is 2.35. The molecule has 0 spiro atoms. The van der Waals surface area contributed by atoms with Gasteiger partial charge in [-0.1, -0.05) is 30.3 Å². The Morgan fingerprint density at radius 3 is 2.52 bits per heavy atom. The normalized spacial score (nSPS) is 13.5. The monoisotopic (exact) mass is 307 g/mol. The number of nitrogens with two attached hydrogens (primary N) is 1. The summed E-state index contributed by atoms with van der Waals surface area (Å²) in [5.74, 6) is 0. The van der Waals surface area contributed by atoms with Crippen molar-refractivity contribution in [3.63, 3.8) is 0 Å². The minimum Gasteiger partial charge on any atom is -0.320 e. The maximum Gasteiger partial charge on any atom is 0.416 e. The van der Waals surface area contributed by atoms with Crippen molar-refractivity contribution in [3.8, 4) is 0 Å². The lowest BCUT2D eigenvalue weighted by Crippen LogP contribution is -2.13. The molecular formula is C16H12F3NS. The molecule has 0 saturated heterocycles. The molecule has 0 aliphatic heterocycles. The number of fused-ring (bicyclic) bond motifs is 1. The van der Waals surface area contributed by atoms with Gasteiger partial charge in [0, 0.05) is 4.70 Å². The maximum atomic E-state index is 12.8. The SMILES string of the molecule is NC(c1cccc(C(F)(F)F)c1)c1cccc2ccsc12. The Balaban J connectivity index is 2.06. The van der Waals surface area contributed by atoms with E-state index in [1.807, 2.05) is 29.6 Å². The molecule has 0 aliphatic carbocycles. The fraction of sp³-hybridized carbons (Fsp3) is 0.125. The molecule has 0 saturated carbocycles. The first-order chi connectivity index (χ1) is 9.97. The van der Waals surface area contributed by atoms with Gasteiger partial charge in [-0.25, -0.2) is 0 Å². The number of alkyl halides is 3. The summed E-state index contributed by atoms with van der Waals surface area (Å²) in [6.45, 7) is 0. The van der Waals surface area contributed by atoms with E-state index in [0.717, 1.165) is 27.8 Å². The third-order valence-electron chi connectivity index (χ3n) is 3.42. The average molecular weight is 307 g/mol. The highest BCUT2D eigenvalue weighted by Crippen LogP contribution is 2.34. The van der Waals surface area contributed by atoms with Gasteiger partial charge in [-0.3, -0.25) is 0 Å². The van der Waals surface area contributed by atoms with E-state index in [-0.39, 0.29) is 0 Å². The van der Waals surface area contributed by atoms with E-state index in [0.29, 0.717) is 5.56 Å². The largest absolute Gasteiger partial charge is 0.416 e. The fourth-order valence-corrected chi connectivity index (χ4v) is 3.30. The van der Waals surface area contributed by atoms with Crippen molar-refractivity contribution in [2.75, 3.05) is 0 Å². The summed E-state index contributed by atoms with van der Waals surface area (Å²) in [6.07, 6.45) is -4.36. The highest BCUT2D eigenvalue weighted by molar-refractivity contribution is 7.17. The summed E-state index contributed by atoms with van der Waals surface area (Å²) in [5, 5.41) is 3.01. The molecule has 2 N–H and O–H groups in total. The molecular weight excluding hydrogens is 295 g/mol. The minimum atomic E-state index is -4.36. The first-order valence-electron chi connectivity index (χ1n) is 6.35. The molecule has 3 aromatic rings. The topological polar surface area (TPSA) is 26.0 Å². The molecule has 1 aromatic heterocycles. The highest BCUT2D eigenvalue weighted by atomic mass is 32.1. The van der Waals surface area contributed by atoms with Gasteiger partial charge in [0.05, 0.1) is 11.6 Å². The number of hydrogen-bond donors (Lipinski definition) is 1. The summed E-state index contributed by atoms with van der Waals surface area (Å²) in [5.41, 5.74) is 6.83. The Morgan fingerprint density at radius 1 is 1.00 bits per heavy atom. The predicted octanol–water partition coefficient (Wildman–Crippen LogP) is 4.97. The van der Waals surface area contributed by atoms with Crippen LogP contribution in [0.15, 0.2) is 53.9 Å². The highest BCUT2D eigenvalue weighted by Gasteiger charge is 2.30. The standard InChI is InChI=1S/C16H12F3NS/c17-16(18,19)12-5-1-4-11(9-12)14(20)13-6-2-3-10-7-8-21-15(10)13/h1-9,14H,20H2. The average Bonchev–Trinajstić information content (AvgIpc) is 2.94. The van der Waals surface area contributed by atoms with Gasteiger partial charge >= 0.3 is 6.18 Å². The van der Waals surface area contributed by atoms with Gasteiger partial charge in [-0.2, -0.15) is 13.2 Å². The van der Waals surface area contributed by atoms with Crippen molar-refractivity contribution in [2.24, 2.45) is 5.73 Å². The van der Waals surface area contributed by atoms with Crippen LogP contribution in [-0.2, 0) is 6.18 Å². The molecule has 0 radical (unpaired) electrons. The number of thiophene rings is 1. The van der Waals surface area contributed by atoms with Crippen molar-refractivity contribution in [1.82, 2.24) is 0 Å². The number of benzene rings is 2. The van der Waals surface area contributed by atoms with E-state index in [4.69, 9.17) is 5.73 Å². The lowest BCUT2D eigenvalue weighted by Gasteiger charge is -2.15. The van der Waals surface area contributed by atoms with Crippen LogP contribution in [0.25, 0.3) is 10.1 Å². The van der Waals surface area contributed by atoms with E-state index in [1.165, 1.54) is 6.07 Å². The third kappa shape index (κ3) is 2.66. The van der Waals surface area contributed by atoms with Crippen LogP contribution in [-0.4, -0.2) is 0 Å². The van der Waals surface area contributed by atoms with Crippen LogP contribution in [0.5, 0.6) is 0 Å². The number of halogens is 3. The van der Waals surface area contributed by atoms with Crippen LogP contribution < -0.4 is 5.73 Å². The molecule has 108 valence electrons. The quantitative estimate of drug-likeness (QED) is 0.711. The Labute approximate surface area is 123 Å². The molecule has 5 heteroatoms.